The molecule has 0 bridgehead atoms. The Bertz CT molecular complexity index is 1400. The first-order valence-electron chi connectivity index (χ1n) is 11.6. The molecule has 0 saturated carbocycles. The molecule has 1 aromatic heterocycles. The number of nitrogens with zero attached hydrogens (tertiary/aromatic N) is 1. The van der Waals surface area contributed by atoms with E-state index in [1.807, 2.05) is 18.2 Å². The second-order valence-electron chi connectivity index (χ2n) is 9.04. The molecule has 37 heavy (non-hydrogen) atoms. The van der Waals surface area contributed by atoms with Crippen LogP contribution in [0.25, 0.3) is 16.3 Å². The zero-order valence-corrected chi connectivity index (χ0v) is 20.3. The lowest BCUT2D eigenvalue weighted by atomic mass is 9.92. The zero-order valence-electron chi connectivity index (χ0n) is 20.3. The van der Waals surface area contributed by atoms with Gasteiger partial charge in [0, 0.05) is 34.9 Å². The summed E-state index contributed by atoms with van der Waals surface area (Å²) in [6.07, 6.45) is 3.51. The fourth-order valence-electron chi connectivity index (χ4n) is 3.89. The predicted molar refractivity (Wildman–Crippen MR) is 140 cm³/mol. The van der Waals surface area contributed by atoms with Gasteiger partial charge in [-0.3, -0.25) is 9.78 Å². The summed E-state index contributed by atoms with van der Waals surface area (Å²) < 4.78 is 39.2. The Morgan fingerprint density at radius 2 is 1.51 bits per heavy atom. The lowest BCUT2D eigenvalue weighted by Gasteiger charge is -2.18. The Morgan fingerprint density at radius 1 is 0.892 bits per heavy atom. The van der Waals surface area contributed by atoms with Gasteiger partial charge in [-0.25, -0.2) is 0 Å². The van der Waals surface area contributed by atoms with Gasteiger partial charge in [0.05, 0.1) is 11.2 Å². The minimum Gasteiger partial charge on any atom is -0.386 e. The second kappa shape index (κ2) is 10.4. The van der Waals surface area contributed by atoms with Gasteiger partial charge in [0.2, 0.25) is 5.91 Å². The van der Waals surface area contributed by atoms with Crippen LogP contribution < -0.4 is 5.32 Å². The van der Waals surface area contributed by atoms with Crippen molar-refractivity contribution in [1.29, 1.82) is 0 Å². The lowest BCUT2D eigenvalue weighted by molar-refractivity contribution is -0.137. The number of aliphatic hydroxyl groups is 1. The molecular formula is C30H25F3N2O2. The van der Waals surface area contributed by atoms with Crippen molar-refractivity contribution < 1.29 is 23.1 Å². The van der Waals surface area contributed by atoms with Gasteiger partial charge in [-0.1, -0.05) is 60.7 Å². The summed E-state index contributed by atoms with van der Waals surface area (Å²) in [4.78, 5) is 16.7. The van der Waals surface area contributed by atoms with Crippen LogP contribution in [0.4, 0.5) is 18.9 Å². The van der Waals surface area contributed by atoms with Gasteiger partial charge in [0.15, 0.2) is 0 Å². The van der Waals surface area contributed by atoms with Crippen molar-refractivity contribution in [3.63, 3.8) is 0 Å². The lowest BCUT2D eigenvalue weighted by Crippen LogP contribution is -2.15. The molecule has 1 heterocycles. The van der Waals surface area contributed by atoms with Crippen molar-refractivity contribution >= 4 is 27.9 Å². The molecule has 0 atom stereocenters. The smallest absolute Gasteiger partial charge is 0.386 e. The van der Waals surface area contributed by atoms with Gasteiger partial charge in [0.1, 0.15) is 0 Å². The van der Waals surface area contributed by atoms with Gasteiger partial charge in [-0.15, -0.1) is 0 Å². The summed E-state index contributed by atoms with van der Waals surface area (Å²) >= 11 is 0. The van der Waals surface area contributed by atoms with Crippen LogP contribution in [0.2, 0.25) is 0 Å². The molecule has 0 radical (unpaired) electrons. The van der Waals surface area contributed by atoms with Crippen molar-refractivity contribution in [2.75, 3.05) is 5.32 Å². The molecule has 0 aliphatic carbocycles. The number of carbonyl (C=O) groups excluding carboxylic acids is 1. The minimum atomic E-state index is -4.44. The Labute approximate surface area is 212 Å². The normalized spacial score (nSPS) is 12.8. The van der Waals surface area contributed by atoms with Crippen LogP contribution in [0.15, 0.2) is 103 Å². The number of aromatic nitrogens is 1. The molecule has 0 fully saturated rings. The molecule has 3 aromatic carbocycles. The molecule has 7 heteroatoms. The number of pyridine rings is 1. The first kappa shape index (κ1) is 25.9. The largest absolute Gasteiger partial charge is 0.416 e. The molecule has 4 nitrogen and oxygen atoms in total. The standard InChI is InChI=1S/C30H25F3N2O2/c1-29(2,37)23-13-9-20(10-14-23)25(21-11-15-24(16-12-21)30(31,32)33)6-4-8-28(36)35-27-7-3-5-22-19-34-18-17-26(22)27/h3-19,37H,1-2H3,(H,35,36). The molecular weight excluding hydrogens is 477 g/mol. The number of nitrogens with one attached hydrogen (secondary N) is 1. The molecule has 4 aromatic rings. The highest BCUT2D eigenvalue weighted by atomic mass is 19.4. The van der Waals surface area contributed by atoms with E-state index in [-0.39, 0.29) is 5.91 Å². The maximum atomic E-state index is 13.1. The van der Waals surface area contributed by atoms with E-state index in [1.165, 1.54) is 18.2 Å². The highest BCUT2D eigenvalue weighted by molar-refractivity contribution is 6.06. The van der Waals surface area contributed by atoms with Crippen molar-refractivity contribution in [2.45, 2.75) is 25.6 Å². The first-order chi connectivity index (χ1) is 17.5. The topological polar surface area (TPSA) is 62.2 Å². The Hall–Kier alpha value is -4.23. The van der Waals surface area contributed by atoms with Crippen LogP contribution in [-0.4, -0.2) is 16.0 Å². The van der Waals surface area contributed by atoms with Gasteiger partial charge in [-0.2, -0.15) is 13.2 Å². The summed E-state index contributed by atoms with van der Waals surface area (Å²) in [6.45, 7) is 3.34. The van der Waals surface area contributed by atoms with Crippen molar-refractivity contribution in [3.8, 4) is 0 Å². The summed E-state index contributed by atoms with van der Waals surface area (Å²) in [5.74, 6) is -0.357. The zero-order chi connectivity index (χ0) is 26.6. The van der Waals surface area contributed by atoms with Crippen LogP contribution in [0.1, 0.15) is 36.1 Å². The monoisotopic (exact) mass is 502 g/mol. The highest BCUT2D eigenvalue weighted by Crippen LogP contribution is 2.32. The Kier molecular flexibility index (Phi) is 7.27. The van der Waals surface area contributed by atoms with E-state index >= 15 is 0 Å². The Morgan fingerprint density at radius 3 is 2.11 bits per heavy atom. The van der Waals surface area contributed by atoms with Gasteiger partial charge in [0.25, 0.3) is 0 Å². The molecule has 188 valence electrons. The van der Waals surface area contributed by atoms with Crippen LogP contribution in [0.3, 0.4) is 0 Å². The number of rotatable bonds is 6. The Balaban J connectivity index is 1.63. The fourth-order valence-corrected chi connectivity index (χ4v) is 3.89. The van der Waals surface area contributed by atoms with E-state index in [0.717, 1.165) is 28.5 Å². The number of alkyl halides is 3. The van der Waals surface area contributed by atoms with Gasteiger partial charge in [-0.05, 0) is 60.4 Å². The number of hydrogen-bond donors (Lipinski definition) is 2. The maximum Gasteiger partial charge on any atom is 0.416 e. The van der Waals surface area contributed by atoms with Gasteiger partial charge < -0.3 is 10.4 Å². The maximum absolute atomic E-state index is 13.1. The highest BCUT2D eigenvalue weighted by Gasteiger charge is 2.30. The first-order valence-corrected chi connectivity index (χ1v) is 11.6. The molecule has 1 amide bonds. The molecule has 0 spiro atoms. The number of amides is 1. The van der Waals surface area contributed by atoms with Crippen LogP contribution in [0.5, 0.6) is 0 Å². The van der Waals surface area contributed by atoms with E-state index in [4.69, 9.17) is 0 Å². The average Bonchev–Trinajstić information content (AvgIpc) is 2.86. The molecule has 2 N–H and O–H groups in total. The number of anilines is 1. The summed E-state index contributed by atoms with van der Waals surface area (Å²) in [5, 5.41) is 14.8. The minimum absolute atomic E-state index is 0.357. The fraction of sp³-hybridized carbons (Fsp3) is 0.133. The quantitative estimate of drug-likeness (QED) is 0.218. The molecule has 0 saturated heterocycles. The number of benzene rings is 3. The summed E-state index contributed by atoms with van der Waals surface area (Å²) in [6, 6.07) is 19.3. The number of allylic oxidation sites excluding steroid dienone is 2. The van der Waals surface area contributed by atoms with Gasteiger partial charge >= 0.3 is 6.18 Å². The van der Waals surface area contributed by atoms with Crippen LogP contribution in [-0.2, 0) is 16.6 Å². The number of fused-ring (bicyclic) bond motifs is 1. The van der Waals surface area contributed by atoms with E-state index in [9.17, 15) is 23.1 Å². The van der Waals surface area contributed by atoms with Crippen molar-refractivity contribution in [1.82, 2.24) is 4.98 Å². The second-order valence-corrected chi connectivity index (χ2v) is 9.04. The van der Waals surface area contributed by atoms with E-state index in [0.29, 0.717) is 22.4 Å². The number of carbonyl (C=O) groups is 1. The van der Waals surface area contributed by atoms with Crippen LogP contribution in [0, 0.1) is 0 Å². The van der Waals surface area contributed by atoms with E-state index in [1.54, 1.807) is 68.7 Å². The SMILES string of the molecule is CC(C)(O)c1ccc(C(=CC=CC(=O)Nc2cccc3cnccc23)c2ccc(C(F)(F)F)cc2)cc1. The molecule has 0 aliphatic heterocycles. The summed E-state index contributed by atoms with van der Waals surface area (Å²) in [5.41, 5.74) is 1.46. The number of hydrogen-bond acceptors (Lipinski definition) is 3. The van der Waals surface area contributed by atoms with Crippen molar-refractivity contribution in [2.24, 2.45) is 0 Å². The molecule has 4 rings (SSSR count). The van der Waals surface area contributed by atoms with Crippen LogP contribution >= 0.6 is 0 Å². The molecule has 0 unspecified atom stereocenters. The predicted octanol–water partition coefficient (Wildman–Crippen LogP) is 7.11. The van der Waals surface area contributed by atoms with Crippen molar-refractivity contribution in [3.05, 3.63) is 126 Å². The molecule has 0 aliphatic rings. The van der Waals surface area contributed by atoms with E-state index < -0.39 is 17.3 Å². The summed E-state index contributed by atoms with van der Waals surface area (Å²) in [7, 11) is 0. The third-order valence-electron chi connectivity index (χ3n) is 5.87. The third kappa shape index (κ3) is 6.32. The third-order valence-corrected chi connectivity index (χ3v) is 5.87. The van der Waals surface area contributed by atoms with E-state index in [2.05, 4.69) is 10.3 Å². The average molecular weight is 503 g/mol. The number of halogens is 3.